The standard InChI is InChI=1S/C11H21O5P/c1-6-10(12)16-11(8(2)3,9(4)5)7-17(13,14)15/h6,8-9H,1,7H2,2-5H3,(H2,13,14,15). The molecule has 0 rings (SSSR count). The van der Waals surface area contributed by atoms with Crippen molar-refractivity contribution in [3.05, 3.63) is 12.7 Å². The zero-order valence-corrected chi connectivity index (χ0v) is 11.6. The van der Waals surface area contributed by atoms with Crippen molar-refractivity contribution in [2.24, 2.45) is 11.8 Å². The van der Waals surface area contributed by atoms with Crippen LogP contribution in [0.4, 0.5) is 0 Å². The van der Waals surface area contributed by atoms with Crippen molar-refractivity contribution >= 4 is 13.6 Å². The first-order valence-electron chi connectivity index (χ1n) is 5.45. The fourth-order valence-corrected chi connectivity index (χ4v) is 3.29. The molecule has 0 heterocycles. The SMILES string of the molecule is C=CC(=O)OC(CP(=O)(O)O)(C(C)C)C(C)C. The monoisotopic (exact) mass is 264 g/mol. The van der Waals surface area contributed by atoms with Crippen LogP contribution >= 0.6 is 7.60 Å². The first kappa shape index (κ1) is 16.4. The molecule has 0 bridgehead atoms. The van der Waals surface area contributed by atoms with Gasteiger partial charge in [-0.05, 0) is 11.8 Å². The lowest BCUT2D eigenvalue weighted by atomic mass is 9.81. The molecule has 6 heteroatoms. The number of ether oxygens (including phenoxy) is 1. The summed E-state index contributed by atoms with van der Waals surface area (Å²) >= 11 is 0. The topological polar surface area (TPSA) is 83.8 Å². The minimum atomic E-state index is -4.27. The third-order valence-electron chi connectivity index (χ3n) is 2.86. The summed E-state index contributed by atoms with van der Waals surface area (Å²) < 4.78 is 16.4. The molecular formula is C11H21O5P. The largest absolute Gasteiger partial charge is 0.455 e. The molecule has 100 valence electrons. The van der Waals surface area contributed by atoms with Gasteiger partial charge in [-0.1, -0.05) is 34.3 Å². The van der Waals surface area contributed by atoms with E-state index in [9.17, 15) is 9.36 Å². The minimum absolute atomic E-state index is 0.209. The predicted molar refractivity (Wildman–Crippen MR) is 65.6 cm³/mol. The zero-order valence-electron chi connectivity index (χ0n) is 10.7. The Morgan fingerprint density at radius 2 is 1.76 bits per heavy atom. The van der Waals surface area contributed by atoms with Crippen LogP contribution in [0.3, 0.4) is 0 Å². The van der Waals surface area contributed by atoms with Crippen molar-refractivity contribution in [3.8, 4) is 0 Å². The van der Waals surface area contributed by atoms with E-state index >= 15 is 0 Å². The average molecular weight is 264 g/mol. The molecule has 0 aliphatic carbocycles. The van der Waals surface area contributed by atoms with Crippen LogP contribution < -0.4 is 0 Å². The Kier molecular flexibility index (Phi) is 5.59. The normalized spacial score (nSPS) is 12.9. The molecule has 0 saturated carbocycles. The zero-order chi connectivity index (χ0) is 13.9. The van der Waals surface area contributed by atoms with Crippen LogP contribution in [-0.4, -0.2) is 27.5 Å². The van der Waals surface area contributed by atoms with Gasteiger partial charge in [0.15, 0.2) is 0 Å². The van der Waals surface area contributed by atoms with Crippen molar-refractivity contribution in [2.45, 2.75) is 33.3 Å². The summed E-state index contributed by atoms with van der Waals surface area (Å²) in [6, 6.07) is 0. The molecule has 0 aliphatic heterocycles. The van der Waals surface area contributed by atoms with Gasteiger partial charge in [-0.15, -0.1) is 0 Å². The predicted octanol–water partition coefficient (Wildman–Crippen LogP) is 1.94. The first-order chi connectivity index (χ1) is 7.55. The maximum Gasteiger partial charge on any atom is 0.330 e. The molecule has 0 spiro atoms. The quantitative estimate of drug-likeness (QED) is 0.435. The van der Waals surface area contributed by atoms with E-state index < -0.39 is 25.3 Å². The van der Waals surface area contributed by atoms with E-state index in [1.165, 1.54) is 0 Å². The number of esters is 1. The molecule has 2 N–H and O–H groups in total. The molecule has 0 unspecified atom stereocenters. The second-order valence-corrected chi connectivity index (χ2v) is 6.36. The summed E-state index contributed by atoms with van der Waals surface area (Å²) in [5.41, 5.74) is -1.18. The van der Waals surface area contributed by atoms with Crippen LogP contribution in [0.25, 0.3) is 0 Å². The van der Waals surface area contributed by atoms with E-state index in [0.717, 1.165) is 6.08 Å². The van der Waals surface area contributed by atoms with E-state index in [4.69, 9.17) is 14.5 Å². The van der Waals surface area contributed by atoms with Crippen LogP contribution in [0.15, 0.2) is 12.7 Å². The van der Waals surface area contributed by atoms with Gasteiger partial charge in [-0.3, -0.25) is 4.57 Å². The molecule has 0 aromatic carbocycles. The summed E-state index contributed by atoms with van der Waals surface area (Å²) in [4.78, 5) is 29.6. The molecule has 0 aromatic heterocycles. The van der Waals surface area contributed by atoms with Gasteiger partial charge in [0.25, 0.3) is 0 Å². The van der Waals surface area contributed by atoms with Crippen molar-refractivity contribution < 1.29 is 23.9 Å². The van der Waals surface area contributed by atoms with Gasteiger partial charge >= 0.3 is 13.6 Å². The molecule has 0 atom stereocenters. The maximum absolute atomic E-state index is 11.3. The lowest BCUT2D eigenvalue weighted by Gasteiger charge is -2.40. The van der Waals surface area contributed by atoms with Crippen molar-refractivity contribution in [2.75, 3.05) is 6.16 Å². The Labute approximate surface area is 102 Å². The van der Waals surface area contributed by atoms with Gasteiger partial charge in [-0.25, -0.2) is 4.79 Å². The van der Waals surface area contributed by atoms with Crippen molar-refractivity contribution in [1.82, 2.24) is 0 Å². The lowest BCUT2D eigenvalue weighted by Crippen LogP contribution is -2.48. The maximum atomic E-state index is 11.3. The van der Waals surface area contributed by atoms with Gasteiger partial charge in [-0.2, -0.15) is 0 Å². The molecule has 0 radical (unpaired) electrons. The molecule has 0 aliphatic rings. The van der Waals surface area contributed by atoms with Gasteiger partial charge in [0.05, 0.1) is 6.16 Å². The van der Waals surface area contributed by atoms with Gasteiger partial charge in [0.1, 0.15) is 5.60 Å². The number of hydrogen-bond acceptors (Lipinski definition) is 3. The summed E-state index contributed by atoms with van der Waals surface area (Å²) in [6.07, 6.45) is 0.522. The number of carbonyl (C=O) groups excluding carboxylic acids is 1. The molecule has 0 amide bonds. The van der Waals surface area contributed by atoms with Gasteiger partial charge in [0.2, 0.25) is 0 Å². The summed E-state index contributed by atoms with van der Waals surface area (Å²) in [7, 11) is -4.27. The fraction of sp³-hybridized carbons (Fsp3) is 0.727. The second-order valence-electron chi connectivity index (χ2n) is 4.71. The number of hydrogen-bond donors (Lipinski definition) is 2. The summed E-state index contributed by atoms with van der Waals surface area (Å²) in [5, 5.41) is 0. The second kappa shape index (κ2) is 5.80. The summed E-state index contributed by atoms with van der Waals surface area (Å²) in [6.45, 7) is 10.4. The molecule has 0 saturated heterocycles. The van der Waals surface area contributed by atoms with Gasteiger partial charge < -0.3 is 14.5 Å². The van der Waals surface area contributed by atoms with Gasteiger partial charge in [0, 0.05) is 6.08 Å². The Morgan fingerprint density at radius 1 is 1.35 bits per heavy atom. The van der Waals surface area contributed by atoms with Crippen molar-refractivity contribution in [3.63, 3.8) is 0 Å². The Balaban J connectivity index is 5.35. The molecule has 0 aromatic rings. The smallest absolute Gasteiger partial charge is 0.330 e. The Bertz CT molecular complexity index is 321. The van der Waals surface area contributed by atoms with E-state index in [0.29, 0.717) is 0 Å². The van der Waals surface area contributed by atoms with Crippen LogP contribution in [0.5, 0.6) is 0 Å². The first-order valence-corrected chi connectivity index (χ1v) is 7.25. The minimum Gasteiger partial charge on any atom is -0.455 e. The molecular weight excluding hydrogens is 243 g/mol. The fourth-order valence-electron chi connectivity index (χ4n) is 1.85. The van der Waals surface area contributed by atoms with Crippen LogP contribution in [-0.2, 0) is 14.1 Å². The highest BCUT2D eigenvalue weighted by Gasteiger charge is 2.45. The third-order valence-corrected chi connectivity index (χ3v) is 3.77. The number of rotatable bonds is 6. The highest BCUT2D eigenvalue weighted by atomic mass is 31.2. The molecule has 5 nitrogen and oxygen atoms in total. The van der Waals surface area contributed by atoms with Crippen LogP contribution in [0, 0.1) is 11.8 Å². The molecule has 0 fully saturated rings. The van der Waals surface area contributed by atoms with E-state index in [1.807, 2.05) is 0 Å². The molecule has 17 heavy (non-hydrogen) atoms. The highest BCUT2D eigenvalue weighted by molar-refractivity contribution is 7.51. The third kappa shape index (κ3) is 4.62. The van der Waals surface area contributed by atoms with E-state index in [-0.39, 0.29) is 11.8 Å². The summed E-state index contributed by atoms with van der Waals surface area (Å²) in [5.74, 6) is -1.08. The van der Waals surface area contributed by atoms with Crippen molar-refractivity contribution in [1.29, 1.82) is 0 Å². The Hall–Kier alpha value is -0.640. The van der Waals surface area contributed by atoms with E-state index in [1.54, 1.807) is 27.7 Å². The van der Waals surface area contributed by atoms with E-state index in [2.05, 4.69) is 6.58 Å². The average Bonchev–Trinajstić information content (AvgIpc) is 2.13. The van der Waals surface area contributed by atoms with Crippen LogP contribution in [0.2, 0.25) is 0 Å². The lowest BCUT2D eigenvalue weighted by molar-refractivity contribution is -0.162. The highest BCUT2D eigenvalue weighted by Crippen LogP contribution is 2.45. The Morgan fingerprint density at radius 3 is 2.00 bits per heavy atom. The number of carbonyl (C=O) groups is 1. The van der Waals surface area contributed by atoms with Crippen LogP contribution in [0.1, 0.15) is 27.7 Å².